The Bertz CT molecular complexity index is 564. The minimum atomic E-state index is -0.843. The van der Waals surface area contributed by atoms with Crippen LogP contribution in [0.4, 0.5) is 0 Å². The first-order valence-corrected chi connectivity index (χ1v) is 8.52. The Kier molecular flexibility index (Phi) is 5.68. The zero-order chi connectivity index (χ0) is 17.9. The lowest BCUT2D eigenvalue weighted by Gasteiger charge is -2.29. The van der Waals surface area contributed by atoms with E-state index in [1.54, 1.807) is 21.3 Å². The molecule has 3 rings (SSSR count). The standard InChI is InChI=1S/C18H27NO6/c1-18(13-9-15(20-2)17(22-4)16(10-13)21-3)24-12-14(25-18)11-19-5-7-23-8-6-19/h9-10,14H,5-8,11-12H2,1-4H3/t14-,18-/m0/s1. The van der Waals surface area contributed by atoms with Gasteiger partial charge in [0, 0.05) is 25.2 Å². The second-order valence-electron chi connectivity index (χ2n) is 6.32. The van der Waals surface area contributed by atoms with E-state index in [1.165, 1.54) is 0 Å². The number of methoxy groups -OCH3 is 3. The molecular formula is C18H27NO6. The van der Waals surface area contributed by atoms with Crippen LogP contribution in [0, 0.1) is 0 Å². The van der Waals surface area contributed by atoms with Gasteiger partial charge in [-0.25, -0.2) is 0 Å². The molecule has 0 amide bonds. The zero-order valence-corrected chi connectivity index (χ0v) is 15.4. The molecule has 1 aromatic rings. The maximum Gasteiger partial charge on any atom is 0.203 e. The van der Waals surface area contributed by atoms with Crippen LogP contribution >= 0.6 is 0 Å². The smallest absolute Gasteiger partial charge is 0.203 e. The Morgan fingerprint density at radius 1 is 1.08 bits per heavy atom. The molecule has 0 aliphatic carbocycles. The molecule has 1 aromatic carbocycles. The number of benzene rings is 1. The van der Waals surface area contributed by atoms with Crippen molar-refractivity contribution in [2.75, 3.05) is 60.8 Å². The van der Waals surface area contributed by atoms with Crippen LogP contribution in [-0.4, -0.2) is 71.8 Å². The van der Waals surface area contributed by atoms with Crippen LogP contribution in [0.1, 0.15) is 12.5 Å². The van der Waals surface area contributed by atoms with Crippen LogP contribution in [0.2, 0.25) is 0 Å². The number of hydrogen-bond donors (Lipinski definition) is 0. The molecule has 0 unspecified atom stereocenters. The summed E-state index contributed by atoms with van der Waals surface area (Å²) < 4.78 is 33.9. The summed E-state index contributed by atoms with van der Waals surface area (Å²) in [6, 6.07) is 3.75. The van der Waals surface area contributed by atoms with Gasteiger partial charge in [-0.3, -0.25) is 4.90 Å². The Balaban J connectivity index is 1.76. The second kappa shape index (κ2) is 7.78. The highest BCUT2D eigenvalue weighted by atomic mass is 16.7. The van der Waals surface area contributed by atoms with Gasteiger partial charge in [0.2, 0.25) is 5.75 Å². The van der Waals surface area contributed by atoms with Crippen molar-refractivity contribution in [3.8, 4) is 17.2 Å². The maximum atomic E-state index is 6.25. The SMILES string of the molecule is COc1cc([C@@]2(C)OC[C@H](CN3CCOCC3)O2)cc(OC)c1OC. The Morgan fingerprint density at radius 3 is 2.28 bits per heavy atom. The molecule has 7 nitrogen and oxygen atoms in total. The van der Waals surface area contributed by atoms with Crippen molar-refractivity contribution in [1.29, 1.82) is 0 Å². The molecular weight excluding hydrogens is 326 g/mol. The molecule has 0 radical (unpaired) electrons. The molecule has 0 aromatic heterocycles. The molecule has 0 saturated carbocycles. The van der Waals surface area contributed by atoms with E-state index < -0.39 is 5.79 Å². The quantitative estimate of drug-likeness (QED) is 0.770. The number of ether oxygens (including phenoxy) is 6. The van der Waals surface area contributed by atoms with Crippen LogP contribution in [0.5, 0.6) is 17.2 Å². The van der Waals surface area contributed by atoms with Gasteiger partial charge in [-0.2, -0.15) is 0 Å². The summed E-state index contributed by atoms with van der Waals surface area (Å²) >= 11 is 0. The topological polar surface area (TPSA) is 58.6 Å². The first-order valence-electron chi connectivity index (χ1n) is 8.52. The Labute approximate surface area is 148 Å². The predicted octanol–water partition coefficient (Wildman–Crippen LogP) is 1.63. The van der Waals surface area contributed by atoms with E-state index >= 15 is 0 Å². The van der Waals surface area contributed by atoms with Gasteiger partial charge in [0.1, 0.15) is 0 Å². The van der Waals surface area contributed by atoms with E-state index in [0.29, 0.717) is 23.9 Å². The third-order valence-corrected chi connectivity index (χ3v) is 4.69. The fourth-order valence-electron chi connectivity index (χ4n) is 3.29. The Hall–Kier alpha value is -1.54. The molecule has 140 valence electrons. The number of morpholine rings is 1. The predicted molar refractivity (Wildman–Crippen MR) is 91.5 cm³/mol. The van der Waals surface area contributed by atoms with Gasteiger partial charge in [0.05, 0.1) is 47.3 Å². The van der Waals surface area contributed by atoms with E-state index in [-0.39, 0.29) is 6.10 Å². The van der Waals surface area contributed by atoms with E-state index in [0.717, 1.165) is 38.4 Å². The summed E-state index contributed by atoms with van der Waals surface area (Å²) in [5.41, 5.74) is 0.839. The highest BCUT2D eigenvalue weighted by Crippen LogP contribution is 2.43. The molecule has 7 heteroatoms. The molecule has 0 spiro atoms. The van der Waals surface area contributed by atoms with Gasteiger partial charge in [-0.1, -0.05) is 0 Å². The highest BCUT2D eigenvalue weighted by Gasteiger charge is 2.40. The summed E-state index contributed by atoms with van der Waals surface area (Å²) in [6.45, 7) is 6.72. The lowest BCUT2D eigenvalue weighted by Crippen LogP contribution is -2.42. The first-order chi connectivity index (χ1) is 12.1. The molecule has 2 atom stereocenters. The molecule has 25 heavy (non-hydrogen) atoms. The fourth-order valence-corrected chi connectivity index (χ4v) is 3.29. The first kappa shape index (κ1) is 18.3. The molecule has 2 heterocycles. The van der Waals surface area contributed by atoms with E-state index in [1.807, 2.05) is 19.1 Å². The number of rotatable bonds is 6. The summed E-state index contributed by atoms with van der Waals surface area (Å²) in [4.78, 5) is 2.35. The van der Waals surface area contributed by atoms with Gasteiger partial charge in [0.25, 0.3) is 0 Å². The van der Waals surface area contributed by atoms with Crippen LogP contribution in [0.25, 0.3) is 0 Å². The van der Waals surface area contributed by atoms with E-state index in [2.05, 4.69) is 4.90 Å². The average Bonchev–Trinajstić information content (AvgIpc) is 3.03. The van der Waals surface area contributed by atoms with Crippen molar-refractivity contribution in [2.24, 2.45) is 0 Å². The minimum absolute atomic E-state index is 0.0159. The summed E-state index contributed by atoms with van der Waals surface area (Å²) in [6.07, 6.45) is 0.0159. The molecule has 0 bridgehead atoms. The summed E-state index contributed by atoms with van der Waals surface area (Å²) in [5.74, 6) is 0.882. The average molecular weight is 353 g/mol. The molecule has 2 saturated heterocycles. The third-order valence-electron chi connectivity index (χ3n) is 4.69. The normalized spacial score (nSPS) is 27.3. The molecule has 2 aliphatic rings. The van der Waals surface area contributed by atoms with E-state index in [9.17, 15) is 0 Å². The maximum absolute atomic E-state index is 6.25. The lowest BCUT2D eigenvalue weighted by atomic mass is 10.1. The fraction of sp³-hybridized carbons (Fsp3) is 0.667. The van der Waals surface area contributed by atoms with Gasteiger partial charge < -0.3 is 28.4 Å². The molecule has 0 N–H and O–H groups in total. The zero-order valence-electron chi connectivity index (χ0n) is 15.4. The van der Waals surface area contributed by atoms with Gasteiger partial charge >= 0.3 is 0 Å². The number of hydrogen-bond acceptors (Lipinski definition) is 7. The lowest BCUT2D eigenvalue weighted by molar-refractivity contribution is -0.164. The Morgan fingerprint density at radius 2 is 1.72 bits per heavy atom. The van der Waals surface area contributed by atoms with Crippen LogP contribution in [-0.2, 0) is 20.0 Å². The molecule has 2 aliphatic heterocycles. The van der Waals surface area contributed by atoms with Gasteiger partial charge in [0.15, 0.2) is 17.3 Å². The van der Waals surface area contributed by atoms with Gasteiger partial charge in [-0.15, -0.1) is 0 Å². The van der Waals surface area contributed by atoms with Gasteiger partial charge in [-0.05, 0) is 19.1 Å². The van der Waals surface area contributed by atoms with Crippen molar-refractivity contribution >= 4 is 0 Å². The van der Waals surface area contributed by atoms with Crippen LogP contribution in [0.3, 0.4) is 0 Å². The third kappa shape index (κ3) is 3.84. The second-order valence-corrected chi connectivity index (χ2v) is 6.32. The summed E-state index contributed by atoms with van der Waals surface area (Å²) in [5, 5.41) is 0. The van der Waals surface area contributed by atoms with Crippen molar-refractivity contribution in [3.05, 3.63) is 17.7 Å². The van der Waals surface area contributed by atoms with Crippen molar-refractivity contribution < 1.29 is 28.4 Å². The number of nitrogens with zero attached hydrogens (tertiary/aromatic N) is 1. The van der Waals surface area contributed by atoms with Crippen molar-refractivity contribution in [3.63, 3.8) is 0 Å². The van der Waals surface area contributed by atoms with Crippen LogP contribution < -0.4 is 14.2 Å². The highest BCUT2D eigenvalue weighted by molar-refractivity contribution is 5.54. The van der Waals surface area contributed by atoms with E-state index in [4.69, 9.17) is 28.4 Å². The summed E-state index contributed by atoms with van der Waals surface area (Å²) in [7, 11) is 4.78. The largest absolute Gasteiger partial charge is 0.493 e. The molecule has 2 fully saturated rings. The monoisotopic (exact) mass is 353 g/mol. The van der Waals surface area contributed by atoms with Crippen molar-refractivity contribution in [2.45, 2.75) is 18.8 Å². The minimum Gasteiger partial charge on any atom is -0.493 e. The van der Waals surface area contributed by atoms with Crippen LogP contribution in [0.15, 0.2) is 12.1 Å². The van der Waals surface area contributed by atoms with Crippen molar-refractivity contribution in [1.82, 2.24) is 4.90 Å².